The van der Waals surface area contributed by atoms with E-state index in [9.17, 15) is 14.0 Å². The molecule has 0 heterocycles. The maximum atomic E-state index is 13.3. The second kappa shape index (κ2) is 9.59. The Morgan fingerprint density at radius 1 is 1.42 bits per heavy atom. The minimum atomic E-state index is -0.846. The normalized spacial score (nSPS) is 18.9. The van der Waals surface area contributed by atoms with Crippen molar-refractivity contribution in [3.63, 3.8) is 0 Å². The molecular weight excluding hydrogens is 365 g/mol. The molecule has 0 aromatic heterocycles. The monoisotopic (exact) mass is 387 g/mol. The Labute approximate surface area is 156 Å². The van der Waals surface area contributed by atoms with Crippen LogP contribution < -0.4 is 15.4 Å². The second-order valence-corrected chi connectivity index (χ2v) is 6.51. The van der Waals surface area contributed by atoms with Crippen molar-refractivity contribution in [3.05, 3.63) is 29.0 Å². The summed E-state index contributed by atoms with van der Waals surface area (Å²) in [6.07, 6.45) is 1.46. The number of carboxylic acid groups (broad SMARTS) is 1. The molecule has 0 aliphatic heterocycles. The number of hydrogen-bond donors (Lipinski definition) is 3. The van der Waals surface area contributed by atoms with Crippen LogP contribution in [-0.2, 0) is 4.79 Å². The molecular formula is C17H23ClFN3O4. The third-order valence-electron chi connectivity index (χ3n) is 4.26. The fourth-order valence-electron chi connectivity index (χ4n) is 2.81. The molecule has 0 bridgehead atoms. The lowest BCUT2D eigenvalue weighted by molar-refractivity contribution is -0.139. The molecule has 1 aliphatic rings. The summed E-state index contributed by atoms with van der Waals surface area (Å²) in [5, 5.41) is 14.4. The Balaban J connectivity index is 1.60. The lowest BCUT2D eigenvalue weighted by Gasteiger charge is -2.42. The molecule has 144 valence electrons. The predicted molar refractivity (Wildman–Crippen MR) is 95.1 cm³/mol. The maximum Gasteiger partial charge on any atom is 0.317 e. The highest BCUT2D eigenvalue weighted by molar-refractivity contribution is 6.30. The average molecular weight is 388 g/mol. The van der Waals surface area contributed by atoms with Gasteiger partial charge in [-0.05, 0) is 31.5 Å². The van der Waals surface area contributed by atoms with Gasteiger partial charge in [0.1, 0.15) is 18.2 Å². The molecule has 0 saturated heterocycles. The van der Waals surface area contributed by atoms with Crippen LogP contribution in [-0.4, -0.2) is 60.3 Å². The highest BCUT2D eigenvalue weighted by Crippen LogP contribution is 2.25. The summed E-state index contributed by atoms with van der Waals surface area (Å²) in [4.78, 5) is 24.5. The first-order chi connectivity index (χ1) is 12.4. The number of nitrogens with one attached hydrogen (secondary N) is 2. The van der Waals surface area contributed by atoms with Crippen molar-refractivity contribution >= 4 is 23.6 Å². The van der Waals surface area contributed by atoms with Crippen LogP contribution >= 0.6 is 11.6 Å². The summed E-state index contributed by atoms with van der Waals surface area (Å²) in [6, 6.07) is 4.06. The summed E-state index contributed by atoms with van der Waals surface area (Å²) in [6.45, 7) is 3.07. The van der Waals surface area contributed by atoms with Crippen LogP contribution in [0.5, 0.6) is 5.75 Å². The van der Waals surface area contributed by atoms with E-state index >= 15 is 0 Å². The summed E-state index contributed by atoms with van der Waals surface area (Å²) >= 11 is 5.59. The Morgan fingerprint density at radius 2 is 2.15 bits per heavy atom. The number of halogens is 2. The summed E-state index contributed by atoms with van der Waals surface area (Å²) in [7, 11) is 0. The number of rotatable bonds is 9. The van der Waals surface area contributed by atoms with Gasteiger partial charge in [0.15, 0.2) is 0 Å². The number of urea groups is 1. The third kappa shape index (κ3) is 6.03. The molecule has 1 aliphatic carbocycles. The summed E-state index contributed by atoms with van der Waals surface area (Å²) in [5.74, 6) is -1.06. The molecule has 2 rings (SSSR count). The molecule has 0 unspecified atom stereocenters. The molecule has 9 heteroatoms. The zero-order valence-electron chi connectivity index (χ0n) is 14.5. The Hall–Kier alpha value is -2.06. The van der Waals surface area contributed by atoms with Crippen molar-refractivity contribution < 1.29 is 23.8 Å². The van der Waals surface area contributed by atoms with Gasteiger partial charge in [-0.1, -0.05) is 18.5 Å². The van der Waals surface area contributed by atoms with Crippen LogP contribution in [0.4, 0.5) is 9.18 Å². The van der Waals surface area contributed by atoms with Gasteiger partial charge < -0.3 is 20.5 Å². The van der Waals surface area contributed by atoms with Gasteiger partial charge in [0.05, 0.1) is 18.1 Å². The predicted octanol–water partition coefficient (Wildman–Crippen LogP) is 2.09. The number of amides is 2. The van der Waals surface area contributed by atoms with E-state index in [1.165, 1.54) is 12.1 Å². The standard InChI is InChI=1S/C17H23ClFN3O4/c1-2-22(10-16(23)24)12-7-11(8-12)21-17(25)20-5-6-26-13-3-4-14(18)15(19)9-13/h3-4,9,11-12H,2,5-8,10H2,1H3,(H,23,24)(H2,20,21,25). The van der Waals surface area contributed by atoms with Gasteiger partial charge in [0, 0.05) is 18.2 Å². The van der Waals surface area contributed by atoms with Gasteiger partial charge >= 0.3 is 12.0 Å². The van der Waals surface area contributed by atoms with Crippen molar-refractivity contribution in [1.82, 2.24) is 15.5 Å². The first-order valence-electron chi connectivity index (χ1n) is 8.47. The fraction of sp³-hybridized carbons (Fsp3) is 0.529. The van der Waals surface area contributed by atoms with Gasteiger partial charge in [-0.3, -0.25) is 9.69 Å². The lowest BCUT2D eigenvalue weighted by Crippen LogP contribution is -2.56. The van der Waals surface area contributed by atoms with Gasteiger partial charge in [0.25, 0.3) is 0 Å². The van der Waals surface area contributed by atoms with Gasteiger partial charge in [0.2, 0.25) is 0 Å². The average Bonchev–Trinajstić information content (AvgIpc) is 2.55. The minimum Gasteiger partial charge on any atom is -0.492 e. The zero-order valence-corrected chi connectivity index (χ0v) is 15.3. The minimum absolute atomic E-state index is 0.0166. The van der Waals surface area contributed by atoms with Crippen molar-refractivity contribution in [2.75, 3.05) is 26.2 Å². The van der Waals surface area contributed by atoms with E-state index in [0.29, 0.717) is 12.3 Å². The quantitative estimate of drug-likeness (QED) is 0.564. The van der Waals surface area contributed by atoms with E-state index < -0.39 is 11.8 Å². The van der Waals surface area contributed by atoms with Crippen molar-refractivity contribution in [2.45, 2.75) is 31.8 Å². The number of benzene rings is 1. The van der Waals surface area contributed by atoms with Crippen molar-refractivity contribution in [2.24, 2.45) is 0 Å². The van der Waals surface area contributed by atoms with Gasteiger partial charge in [-0.25, -0.2) is 9.18 Å². The van der Waals surface area contributed by atoms with Gasteiger partial charge in [-0.15, -0.1) is 0 Å². The molecule has 1 saturated carbocycles. The van der Waals surface area contributed by atoms with E-state index in [1.807, 2.05) is 11.8 Å². The number of ether oxygens (including phenoxy) is 1. The smallest absolute Gasteiger partial charge is 0.317 e. The SMILES string of the molecule is CCN(CC(=O)O)C1CC(NC(=O)NCCOc2ccc(Cl)c(F)c2)C1. The maximum absolute atomic E-state index is 13.3. The molecule has 3 N–H and O–H groups in total. The topological polar surface area (TPSA) is 90.9 Å². The first kappa shape index (κ1) is 20.3. The van der Waals surface area contributed by atoms with Crippen LogP contribution in [0.2, 0.25) is 5.02 Å². The summed E-state index contributed by atoms with van der Waals surface area (Å²) < 4.78 is 18.6. The number of aliphatic carboxylic acids is 1. The van der Waals surface area contributed by atoms with E-state index in [1.54, 1.807) is 6.07 Å². The number of nitrogens with zero attached hydrogens (tertiary/aromatic N) is 1. The first-order valence-corrected chi connectivity index (χ1v) is 8.85. The molecule has 26 heavy (non-hydrogen) atoms. The molecule has 1 fully saturated rings. The van der Waals surface area contributed by atoms with Crippen LogP contribution in [0, 0.1) is 5.82 Å². The molecule has 1 aromatic carbocycles. The van der Waals surface area contributed by atoms with Crippen LogP contribution in [0.25, 0.3) is 0 Å². The Bertz CT molecular complexity index is 640. The summed E-state index contributed by atoms with van der Waals surface area (Å²) in [5.41, 5.74) is 0. The van der Waals surface area contributed by atoms with Gasteiger partial charge in [-0.2, -0.15) is 0 Å². The zero-order chi connectivity index (χ0) is 19.1. The van der Waals surface area contributed by atoms with Crippen molar-refractivity contribution in [3.8, 4) is 5.75 Å². The molecule has 0 spiro atoms. The van der Waals surface area contributed by atoms with Crippen LogP contribution in [0.3, 0.4) is 0 Å². The third-order valence-corrected chi connectivity index (χ3v) is 4.56. The number of carbonyl (C=O) groups excluding carboxylic acids is 1. The molecule has 0 radical (unpaired) electrons. The number of carbonyl (C=O) groups is 2. The van der Waals surface area contributed by atoms with Crippen LogP contribution in [0.15, 0.2) is 18.2 Å². The molecule has 7 nitrogen and oxygen atoms in total. The molecule has 0 atom stereocenters. The fourth-order valence-corrected chi connectivity index (χ4v) is 2.93. The lowest BCUT2D eigenvalue weighted by atomic mass is 9.85. The van der Waals surface area contributed by atoms with E-state index in [0.717, 1.165) is 12.8 Å². The van der Waals surface area contributed by atoms with E-state index in [-0.39, 0.29) is 42.8 Å². The second-order valence-electron chi connectivity index (χ2n) is 6.10. The van der Waals surface area contributed by atoms with E-state index in [4.69, 9.17) is 21.4 Å². The van der Waals surface area contributed by atoms with Crippen LogP contribution in [0.1, 0.15) is 19.8 Å². The van der Waals surface area contributed by atoms with Crippen molar-refractivity contribution in [1.29, 1.82) is 0 Å². The Kier molecular flexibility index (Phi) is 7.47. The highest BCUT2D eigenvalue weighted by atomic mass is 35.5. The number of hydrogen-bond acceptors (Lipinski definition) is 4. The van der Waals surface area contributed by atoms with E-state index in [2.05, 4.69) is 10.6 Å². The molecule has 1 aromatic rings. The number of likely N-dealkylation sites (N-methyl/N-ethyl adjacent to an activating group) is 1. The number of carboxylic acids is 1. The highest BCUT2D eigenvalue weighted by Gasteiger charge is 2.34. The molecule has 2 amide bonds. The Morgan fingerprint density at radius 3 is 2.77 bits per heavy atom. The largest absolute Gasteiger partial charge is 0.492 e.